The van der Waals surface area contributed by atoms with Crippen LogP contribution in [0.15, 0.2) is 30.4 Å². The van der Waals surface area contributed by atoms with Gasteiger partial charge in [-0.3, -0.25) is 9.69 Å². The number of nitrogens with zero attached hydrogens (tertiary/aromatic N) is 2. The molecule has 35 heavy (non-hydrogen) atoms. The number of fused-ring (bicyclic) bond motifs is 1. The molecule has 3 N–H and O–H groups in total. The second kappa shape index (κ2) is 8.21. The third kappa shape index (κ3) is 3.04. The maximum atomic E-state index is 12.7. The van der Waals surface area contributed by atoms with Crippen LogP contribution in [0.1, 0.15) is 37.8 Å². The number of carbonyl (C=O) groups excluding carboxylic acids is 2. The van der Waals surface area contributed by atoms with Crippen molar-refractivity contribution in [1.82, 2.24) is 10.2 Å². The highest BCUT2D eigenvalue weighted by atomic mass is 16.6. The molecule has 9 heteroatoms. The van der Waals surface area contributed by atoms with Crippen LogP contribution in [0, 0.1) is 5.41 Å². The number of methoxy groups -OCH3 is 1. The summed E-state index contributed by atoms with van der Waals surface area (Å²) in [6.07, 6.45) is 4.14. The third-order valence-electron chi connectivity index (χ3n) is 8.96. The van der Waals surface area contributed by atoms with E-state index < -0.39 is 40.6 Å². The number of alkyl carbamates (subject to hydrolysis) is 1. The molecule has 1 amide bonds. The summed E-state index contributed by atoms with van der Waals surface area (Å²) in [7, 11) is 3.22. The Morgan fingerprint density at radius 2 is 2.06 bits per heavy atom. The number of esters is 1. The summed E-state index contributed by atoms with van der Waals surface area (Å²) in [6, 6.07) is 5.51. The topological polar surface area (TPSA) is 112 Å². The van der Waals surface area contributed by atoms with Gasteiger partial charge in [-0.05, 0) is 36.6 Å². The number of anilines is 1. The zero-order chi connectivity index (χ0) is 25.2. The lowest BCUT2D eigenvalue weighted by atomic mass is 9.47. The van der Waals surface area contributed by atoms with Crippen molar-refractivity contribution >= 4 is 17.7 Å². The van der Waals surface area contributed by atoms with Crippen molar-refractivity contribution < 1.29 is 29.3 Å². The van der Waals surface area contributed by atoms with Crippen molar-refractivity contribution in [2.45, 2.75) is 62.5 Å². The summed E-state index contributed by atoms with van der Waals surface area (Å²) in [6.45, 7) is 4.84. The number of ether oxygens (including phenoxy) is 2. The first kappa shape index (κ1) is 24.1. The average Bonchev–Trinajstić information content (AvgIpc) is 3.36. The molecule has 1 saturated carbocycles. The van der Waals surface area contributed by atoms with Gasteiger partial charge in [-0.2, -0.15) is 0 Å². The van der Waals surface area contributed by atoms with Crippen LogP contribution in [0.4, 0.5) is 10.5 Å². The molecule has 1 aromatic carbocycles. The van der Waals surface area contributed by atoms with Gasteiger partial charge in [0.2, 0.25) is 0 Å². The SMILES string of the molecule is CC[C@]12C=CCN3CC[C@@]4(c5ccc(CO)cc5N(C)[C@H]4[C@@](O)(CNC(=O)OC)[C@@H]1OC(C)=O)[C@@H]32. The lowest BCUT2D eigenvalue weighted by molar-refractivity contribution is -0.217. The van der Waals surface area contributed by atoms with Gasteiger partial charge in [-0.15, -0.1) is 0 Å². The van der Waals surface area contributed by atoms with Gasteiger partial charge in [0.05, 0.1) is 26.3 Å². The fourth-order valence-electron chi connectivity index (χ4n) is 7.97. The molecule has 0 aromatic heterocycles. The molecule has 5 rings (SSSR count). The smallest absolute Gasteiger partial charge is 0.406 e. The summed E-state index contributed by atoms with van der Waals surface area (Å²) in [5, 5.41) is 25.3. The second-order valence-electron chi connectivity index (χ2n) is 10.4. The van der Waals surface area contributed by atoms with Crippen LogP contribution in [0.5, 0.6) is 0 Å². The molecule has 0 bridgehead atoms. The summed E-state index contributed by atoms with van der Waals surface area (Å²) < 4.78 is 10.9. The van der Waals surface area contributed by atoms with Gasteiger partial charge in [0.15, 0.2) is 0 Å². The molecule has 3 aliphatic heterocycles. The van der Waals surface area contributed by atoms with E-state index >= 15 is 0 Å². The monoisotopic (exact) mass is 485 g/mol. The van der Waals surface area contributed by atoms with Crippen molar-refractivity contribution in [3.05, 3.63) is 41.5 Å². The van der Waals surface area contributed by atoms with E-state index in [1.165, 1.54) is 14.0 Å². The first-order valence-electron chi connectivity index (χ1n) is 12.3. The van der Waals surface area contributed by atoms with E-state index in [1.807, 2.05) is 19.2 Å². The highest BCUT2D eigenvalue weighted by Crippen LogP contribution is 2.66. The Labute approximate surface area is 205 Å². The zero-order valence-electron chi connectivity index (χ0n) is 20.8. The second-order valence-corrected chi connectivity index (χ2v) is 10.4. The molecule has 0 radical (unpaired) electrons. The fourth-order valence-corrected chi connectivity index (χ4v) is 7.97. The van der Waals surface area contributed by atoms with Gasteiger partial charge in [0, 0.05) is 43.1 Å². The largest absolute Gasteiger partial charge is 0.458 e. The molecule has 4 aliphatic rings. The molecule has 1 aromatic rings. The molecule has 1 spiro atoms. The fraction of sp³-hybridized carbons (Fsp3) is 0.615. The van der Waals surface area contributed by atoms with Gasteiger partial charge in [-0.1, -0.05) is 31.2 Å². The number of amides is 1. The predicted molar refractivity (Wildman–Crippen MR) is 129 cm³/mol. The summed E-state index contributed by atoms with van der Waals surface area (Å²) in [4.78, 5) is 29.1. The predicted octanol–water partition coefficient (Wildman–Crippen LogP) is 1.31. The van der Waals surface area contributed by atoms with E-state index in [-0.39, 0.29) is 19.2 Å². The minimum atomic E-state index is -1.63. The number of aliphatic hydroxyl groups excluding tert-OH is 1. The van der Waals surface area contributed by atoms with Gasteiger partial charge in [-0.25, -0.2) is 4.79 Å². The maximum Gasteiger partial charge on any atom is 0.406 e. The number of hydrogen-bond donors (Lipinski definition) is 3. The van der Waals surface area contributed by atoms with Crippen LogP contribution in [0.25, 0.3) is 0 Å². The Morgan fingerprint density at radius 3 is 2.71 bits per heavy atom. The third-order valence-corrected chi connectivity index (χ3v) is 8.96. The summed E-state index contributed by atoms with van der Waals surface area (Å²) in [5.74, 6) is -0.476. The first-order chi connectivity index (χ1) is 16.7. The van der Waals surface area contributed by atoms with E-state index in [1.54, 1.807) is 0 Å². The Kier molecular flexibility index (Phi) is 5.65. The Bertz CT molecular complexity index is 1080. The highest BCUT2D eigenvalue weighted by Gasteiger charge is 2.77. The van der Waals surface area contributed by atoms with Crippen LogP contribution in [0.2, 0.25) is 0 Å². The van der Waals surface area contributed by atoms with Crippen LogP contribution < -0.4 is 10.2 Å². The van der Waals surface area contributed by atoms with E-state index in [4.69, 9.17) is 9.47 Å². The minimum absolute atomic E-state index is 0.0126. The van der Waals surface area contributed by atoms with Crippen LogP contribution in [0.3, 0.4) is 0 Å². The van der Waals surface area contributed by atoms with Crippen LogP contribution in [-0.2, 0) is 26.3 Å². The molecule has 6 atom stereocenters. The highest BCUT2D eigenvalue weighted by molar-refractivity contribution is 5.71. The first-order valence-corrected chi connectivity index (χ1v) is 12.3. The maximum absolute atomic E-state index is 12.7. The number of benzene rings is 1. The molecule has 1 aliphatic carbocycles. The number of rotatable bonds is 5. The molecule has 0 unspecified atom stereocenters. The number of nitrogens with one attached hydrogen (secondary N) is 1. The van der Waals surface area contributed by atoms with Gasteiger partial charge in [0.25, 0.3) is 0 Å². The molecular formula is C26H35N3O6. The molecule has 190 valence electrons. The van der Waals surface area contributed by atoms with E-state index in [0.717, 1.165) is 36.3 Å². The summed E-state index contributed by atoms with van der Waals surface area (Å²) in [5.41, 5.74) is 0.1000. The molecule has 3 heterocycles. The van der Waals surface area contributed by atoms with Crippen molar-refractivity contribution in [2.75, 3.05) is 38.7 Å². The van der Waals surface area contributed by atoms with E-state index in [0.29, 0.717) is 6.42 Å². The summed E-state index contributed by atoms with van der Waals surface area (Å²) >= 11 is 0. The molecule has 1 saturated heterocycles. The van der Waals surface area contributed by atoms with Crippen molar-refractivity contribution in [2.24, 2.45) is 5.41 Å². The molecular weight excluding hydrogens is 450 g/mol. The standard InChI is InChI=1S/C26H35N3O6/c1-5-24-9-6-11-29-12-10-25(20(24)29)18-8-7-17(14-30)13-19(18)28(3)21(25)26(33,15-27-23(32)34-4)22(24)35-16(2)31/h6-9,13,20-22,30,33H,5,10-12,14-15H2,1-4H3,(H,27,32)/t20-,21+,22+,24+,25+,26-/m0/s1. The number of hydrogen-bond acceptors (Lipinski definition) is 8. The minimum Gasteiger partial charge on any atom is -0.458 e. The van der Waals surface area contributed by atoms with Gasteiger partial charge in [0.1, 0.15) is 11.7 Å². The Hall–Kier alpha value is -2.62. The van der Waals surface area contributed by atoms with Gasteiger partial charge >= 0.3 is 12.1 Å². The van der Waals surface area contributed by atoms with Crippen LogP contribution >= 0.6 is 0 Å². The Morgan fingerprint density at radius 1 is 1.29 bits per heavy atom. The number of carbonyl (C=O) groups is 2. The lowest BCUT2D eigenvalue weighted by Gasteiger charge is -2.64. The van der Waals surface area contributed by atoms with Crippen LogP contribution in [-0.4, -0.2) is 84.8 Å². The van der Waals surface area contributed by atoms with Crippen molar-refractivity contribution in [3.63, 3.8) is 0 Å². The van der Waals surface area contributed by atoms with Gasteiger partial charge < -0.3 is 29.9 Å². The number of likely N-dealkylation sites (N-methyl/N-ethyl adjacent to an activating group) is 1. The normalized spacial score (nSPS) is 36.9. The molecule has 9 nitrogen and oxygen atoms in total. The number of aliphatic hydroxyl groups is 2. The van der Waals surface area contributed by atoms with E-state index in [9.17, 15) is 19.8 Å². The van der Waals surface area contributed by atoms with E-state index in [2.05, 4.69) is 40.3 Å². The average molecular weight is 486 g/mol. The lowest BCUT2D eigenvalue weighted by Crippen LogP contribution is -2.81. The zero-order valence-corrected chi connectivity index (χ0v) is 20.8. The van der Waals surface area contributed by atoms with Crippen molar-refractivity contribution in [3.8, 4) is 0 Å². The Balaban J connectivity index is 1.79. The van der Waals surface area contributed by atoms with Crippen molar-refractivity contribution in [1.29, 1.82) is 0 Å². The molecule has 2 fully saturated rings. The quantitative estimate of drug-likeness (QED) is 0.423.